The summed E-state index contributed by atoms with van der Waals surface area (Å²) in [5.74, 6) is -0.0316. The zero-order chi connectivity index (χ0) is 21.5. The van der Waals surface area contributed by atoms with E-state index in [1.54, 1.807) is 21.8 Å². The number of alkyl halides is 3. The van der Waals surface area contributed by atoms with Gasteiger partial charge in [-0.15, -0.1) is 0 Å². The second-order valence-corrected chi connectivity index (χ2v) is 7.92. The molecule has 0 aliphatic carbocycles. The molecule has 0 radical (unpaired) electrons. The zero-order valence-corrected chi connectivity index (χ0v) is 16.5. The van der Waals surface area contributed by atoms with E-state index in [0.717, 1.165) is 25.5 Å². The maximum Gasteiger partial charge on any atom is 0.417 e. The fourth-order valence-corrected chi connectivity index (χ4v) is 4.15. The number of anilines is 1. The van der Waals surface area contributed by atoms with Gasteiger partial charge in [-0.3, -0.25) is 4.68 Å². The number of hydrogen-bond acceptors (Lipinski definition) is 6. The Balaban J connectivity index is 1.76. The third-order valence-electron chi connectivity index (χ3n) is 5.91. The van der Waals surface area contributed by atoms with Gasteiger partial charge in [-0.2, -0.15) is 23.5 Å². The Morgan fingerprint density at radius 1 is 1.37 bits per heavy atom. The van der Waals surface area contributed by atoms with Crippen molar-refractivity contribution in [1.82, 2.24) is 20.1 Å². The van der Waals surface area contributed by atoms with E-state index in [-0.39, 0.29) is 30.2 Å². The van der Waals surface area contributed by atoms with E-state index in [4.69, 9.17) is 0 Å². The Kier molecular flexibility index (Phi) is 5.42. The molecule has 160 valence electrons. The van der Waals surface area contributed by atoms with Crippen LogP contribution in [0.15, 0.2) is 18.5 Å². The summed E-state index contributed by atoms with van der Waals surface area (Å²) in [6.07, 6.45) is 0.952. The number of aliphatic hydroxyl groups is 1. The first-order valence-electron chi connectivity index (χ1n) is 9.99. The number of halogens is 3. The van der Waals surface area contributed by atoms with Gasteiger partial charge in [0.2, 0.25) is 0 Å². The van der Waals surface area contributed by atoms with Crippen molar-refractivity contribution in [3.05, 3.63) is 29.6 Å². The topological polar surface area (TPSA) is 90.0 Å². The highest BCUT2D eigenvalue weighted by Gasteiger charge is 2.39. The molecule has 0 saturated carbocycles. The normalized spacial score (nSPS) is 24.4. The summed E-state index contributed by atoms with van der Waals surface area (Å²) in [6, 6.07) is 2.77. The molecule has 0 aromatic carbocycles. The molecule has 10 heteroatoms. The minimum Gasteiger partial charge on any atom is -0.394 e. The average Bonchev–Trinajstić information content (AvgIpc) is 3.16. The number of aliphatic hydroxyl groups excluding tert-OH is 1. The van der Waals surface area contributed by atoms with Crippen LogP contribution in [-0.2, 0) is 6.18 Å². The van der Waals surface area contributed by atoms with Crippen LogP contribution >= 0.6 is 0 Å². The number of pyridine rings is 1. The third-order valence-corrected chi connectivity index (χ3v) is 5.91. The summed E-state index contributed by atoms with van der Waals surface area (Å²) in [7, 11) is 0. The molecule has 7 nitrogen and oxygen atoms in total. The van der Waals surface area contributed by atoms with Gasteiger partial charge >= 0.3 is 6.18 Å². The van der Waals surface area contributed by atoms with Gasteiger partial charge in [-0.05, 0) is 38.8 Å². The van der Waals surface area contributed by atoms with Crippen LogP contribution in [0.5, 0.6) is 0 Å². The lowest BCUT2D eigenvalue weighted by Crippen LogP contribution is -2.51. The molecule has 2 unspecified atom stereocenters. The highest BCUT2D eigenvalue weighted by atomic mass is 19.4. The van der Waals surface area contributed by atoms with E-state index in [9.17, 15) is 23.5 Å². The molecule has 2 aromatic rings. The van der Waals surface area contributed by atoms with Crippen molar-refractivity contribution in [3.8, 4) is 17.3 Å². The zero-order valence-electron chi connectivity index (χ0n) is 16.5. The number of nitrogens with one attached hydrogen (secondary N) is 1. The number of nitriles is 1. The van der Waals surface area contributed by atoms with E-state index in [1.165, 1.54) is 6.20 Å². The molecule has 2 aromatic heterocycles. The Hall–Kier alpha value is -2.64. The van der Waals surface area contributed by atoms with Crippen molar-refractivity contribution in [1.29, 1.82) is 5.26 Å². The number of aromatic nitrogens is 3. The molecule has 30 heavy (non-hydrogen) atoms. The van der Waals surface area contributed by atoms with E-state index < -0.39 is 17.3 Å². The summed E-state index contributed by atoms with van der Waals surface area (Å²) in [6.45, 7) is 3.19. The molecule has 3 atom stereocenters. The molecule has 0 spiro atoms. The first-order valence-corrected chi connectivity index (χ1v) is 9.99. The predicted molar refractivity (Wildman–Crippen MR) is 104 cm³/mol. The second kappa shape index (κ2) is 7.89. The molecule has 0 amide bonds. The largest absolute Gasteiger partial charge is 0.417 e. The van der Waals surface area contributed by atoms with E-state index in [1.807, 2.05) is 0 Å². The van der Waals surface area contributed by atoms with Gasteiger partial charge in [0.25, 0.3) is 0 Å². The number of hydrogen-bond donors (Lipinski definition) is 2. The maximum absolute atomic E-state index is 13.7. The van der Waals surface area contributed by atoms with Crippen LogP contribution in [0.4, 0.5) is 19.0 Å². The molecular formula is C20H23F3N6O. The van der Waals surface area contributed by atoms with Crippen molar-refractivity contribution in [2.45, 2.75) is 50.5 Å². The Morgan fingerprint density at radius 3 is 2.77 bits per heavy atom. The van der Waals surface area contributed by atoms with Crippen LogP contribution in [0, 0.1) is 11.3 Å². The quantitative estimate of drug-likeness (QED) is 0.791. The predicted octanol–water partition coefficient (Wildman–Crippen LogP) is 2.72. The van der Waals surface area contributed by atoms with Crippen molar-refractivity contribution in [3.63, 3.8) is 0 Å². The summed E-state index contributed by atoms with van der Waals surface area (Å²) in [5, 5.41) is 26.7. The molecule has 0 bridgehead atoms. The molecular weight excluding hydrogens is 397 g/mol. The number of nitrogens with zero attached hydrogens (tertiary/aromatic N) is 5. The number of rotatable bonds is 4. The molecule has 2 fully saturated rings. The van der Waals surface area contributed by atoms with Gasteiger partial charge in [0, 0.05) is 24.3 Å². The first-order chi connectivity index (χ1) is 14.3. The van der Waals surface area contributed by atoms with Crippen molar-refractivity contribution >= 4 is 5.82 Å². The minimum absolute atomic E-state index is 0.0316. The van der Waals surface area contributed by atoms with Crippen molar-refractivity contribution < 1.29 is 18.3 Å². The average molecular weight is 420 g/mol. The molecule has 2 aliphatic heterocycles. The van der Waals surface area contributed by atoms with Crippen LogP contribution in [0.25, 0.3) is 11.3 Å². The highest BCUT2D eigenvalue weighted by Crippen LogP contribution is 2.40. The standard InChI is InChI=1S/C20H23F3N6O/c1-12-6-14(2-4-25-12)29-10-13(9-26-29)18-7-17(20(21,22)23)16(8-24)19(27-18)28-5-3-15(28)11-30/h7,9-10,12,14-15,25,30H,2-6,11H2,1H3/t12?,14?,15-/m1/s1. The van der Waals surface area contributed by atoms with Gasteiger partial charge in [0.15, 0.2) is 0 Å². The fourth-order valence-electron chi connectivity index (χ4n) is 4.15. The number of piperidine rings is 1. The first kappa shape index (κ1) is 20.6. The van der Waals surface area contributed by atoms with Crippen LogP contribution < -0.4 is 10.2 Å². The van der Waals surface area contributed by atoms with Crippen LogP contribution in [0.3, 0.4) is 0 Å². The van der Waals surface area contributed by atoms with Crippen LogP contribution in [-0.4, -0.2) is 51.7 Å². The SMILES string of the molecule is CC1CC(n2cc(-c3cc(C(F)(F)F)c(C#N)c(N4CC[C@@H]4CO)n3)cn2)CCN1. The summed E-state index contributed by atoms with van der Waals surface area (Å²) in [4.78, 5) is 5.97. The van der Waals surface area contributed by atoms with Crippen LogP contribution in [0.1, 0.15) is 43.4 Å². The third kappa shape index (κ3) is 3.75. The monoisotopic (exact) mass is 420 g/mol. The molecule has 2 aliphatic rings. The summed E-state index contributed by atoms with van der Waals surface area (Å²) in [5.41, 5.74) is -0.938. The molecule has 2 N–H and O–H groups in total. The smallest absolute Gasteiger partial charge is 0.394 e. The van der Waals surface area contributed by atoms with Gasteiger partial charge in [-0.1, -0.05) is 0 Å². The maximum atomic E-state index is 13.7. The van der Waals surface area contributed by atoms with Crippen LogP contribution in [0.2, 0.25) is 0 Å². The Morgan fingerprint density at radius 2 is 2.17 bits per heavy atom. The van der Waals surface area contributed by atoms with Gasteiger partial charge in [0.05, 0.1) is 36.1 Å². The fraction of sp³-hybridized carbons (Fsp3) is 0.550. The molecule has 4 heterocycles. The Bertz CT molecular complexity index is 964. The van der Waals surface area contributed by atoms with E-state index in [2.05, 4.69) is 22.3 Å². The lowest BCUT2D eigenvalue weighted by molar-refractivity contribution is -0.137. The van der Waals surface area contributed by atoms with E-state index in [0.29, 0.717) is 24.6 Å². The Labute approximate surface area is 172 Å². The minimum atomic E-state index is -4.70. The van der Waals surface area contributed by atoms with Crippen molar-refractivity contribution in [2.24, 2.45) is 0 Å². The van der Waals surface area contributed by atoms with E-state index >= 15 is 0 Å². The van der Waals surface area contributed by atoms with Gasteiger partial charge in [-0.25, -0.2) is 4.98 Å². The van der Waals surface area contributed by atoms with Gasteiger partial charge in [0.1, 0.15) is 17.5 Å². The highest BCUT2D eigenvalue weighted by molar-refractivity contribution is 5.68. The second-order valence-electron chi connectivity index (χ2n) is 7.92. The summed E-state index contributed by atoms with van der Waals surface area (Å²) < 4.78 is 43.0. The van der Waals surface area contributed by atoms with Gasteiger partial charge < -0.3 is 15.3 Å². The lowest BCUT2D eigenvalue weighted by atomic mass is 9.99. The van der Waals surface area contributed by atoms with Crippen molar-refractivity contribution in [2.75, 3.05) is 24.6 Å². The lowest BCUT2D eigenvalue weighted by Gasteiger charge is -2.41. The summed E-state index contributed by atoms with van der Waals surface area (Å²) >= 11 is 0. The molecule has 4 rings (SSSR count). The molecule has 2 saturated heterocycles.